The van der Waals surface area contributed by atoms with Crippen LogP contribution < -0.4 is 15.8 Å². The summed E-state index contributed by atoms with van der Waals surface area (Å²) in [6.07, 6.45) is -0.741. The number of hydrogen-bond donors (Lipinski definition) is 3. The number of aliphatic hydroxyl groups excluding tert-OH is 1. The fraction of sp³-hybridized carbons (Fsp3) is 0.316. The van der Waals surface area contributed by atoms with E-state index in [4.69, 9.17) is 10.5 Å². The van der Waals surface area contributed by atoms with Crippen molar-refractivity contribution in [2.75, 3.05) is 18.5 Å². The highest BCUT2D eigenvalue weighted by atomic mass is 79.9. The van der Waals surface area contributed by atoms with E-state index >= 15 is 0 Å². The van der Waals surface area contributed by atoms with E-state index in [1.807, 2.05) is 42.5 Å². The Balaban J connectivity index is 1.84. The molecule has 5 nitrogen and oxygen atoms in total. The summed E-state index contributed by atoms with van der Waals surface area (Å²) in [6, 6.07) is 15.5. The predicted octanol–water partition coefficient (Wildman–Crippen LogP) is 3.74. The summed E-state index contributed by atoms with van der Waals surface area (Å²) in [5.41, 5.74) is 7.99. The standard InChI is InChI=1S/C19H24BrN3O2/c1-13(2)14-6-5-7-15(10-14)23-19(21)22-11-16(24)12-25-18-9-4-3-8-17(18)20/h3-10,13,16,24H,11-12H2,1-2H3,(H3,21,22,23). The van der Waals surface area contributed by atoms with Crippen LogP contribution in [0.3, 0.4) is 0 Å². The quantitative estimate of drug-likeness (QED) is 0.484. The van der Waals surface area contributed by atoms with Gasteiger partial charge in [0.25, 0.3) is 0 Å². The maximum atomic E-state index is 10.0. The zero-order valence-electron chi connectivity index (χ0n) is 14.4. The van der Waals surface area contributed by atoms with Crippen LogP contribution in [-0.2, 0) is 0 Å². The SMILES string of the molecule is CC(C)c1cccc(NC(N)=NCC(O)COc2ccccc2Br)c1. The van der Waals surface area contributed by atoms with Gasteiger partial charge in [-0.2, -0.15) is 0 Å². The number of para-hydroxylation sites is 1. The van der Waals surface area contributed by atoms with Gasteiger partial charge in [0.05, 0.1) is 11.0 Å². The molecule has 6 heteroatoms. The third-order valence-electron chi connectivity index (χ3n) is 3.57. The van der Waals surface area contributed by atoms with Crippen LogP contribution in [0.4, 0.5) is 5.69 Å². The first-order valence-corrected chi connectivity index (χ1v) is 8.97. The van der Waals surface area contributed by atoms with Gasteiger partial charge < -0.3 is 20.9 Å². The van der Waals surface area contributed by atoms with Crippen molar-refractivity contribution in [3.8, 4) is 5.75 Å². The molecule has 0 aromatic heterocycles. The Labute approximate surface area is 157 Å². The molecule has 0 heterocycles. The topological polar surface area (TPSA) is 79.9 Å². The highest BCUT2D eigenvalue weighted by Gasteiger charge is 2.07. The third-order valence-corrected chi connectivity index (χ3v) is 4.22. The molecule has 0 aliphatic carbocycles. The lowest BCUT2D eigenvalue weighted by atomic mass is 10.0. The summed E-state index contributed by atoms with van der Waals surface area (Å²) in [4.78, 5) is 4.17. The second-order valence-corrected chi connectivity index (χ2v) is 6.88. The smallest absolute Gasteiger partial charge is 0.193 e. The van der Waals surface area contributed by atoms with Crippen molar-refractivity contribution in [3.05, 3.63) is 58.6 Å². The first kappa shape index (κ1) is 19.3. The molecule has 4 N–H and O–H groups in total. The normalized spacial score (nSPS) is 12.9. The van der Waals surface area contributed by atoms with Gasteiger partial charge in [-0.25, -0.2) is 0 Å². The van der Waals surface area contributed by atoms with E-state index in [0.717, 1.165) is 10.2 Å². The number of aliphatic hydroxyl groups is 1. The van der Waals surface area contributed by atoms with Gasteiger partial charge in [0.15, 0.2) is 5.96 Å². The lowest BCUT2D eigenvalue weighted by Crippen LogP contribution is -2.27. The largest absolute Gasteiger partial charge is 0.490 e. The van der Waals surface area contributed by atoms with E-state index in [-0.39, 0.29) is 19.1 Å². The van der Waals surface area contributed by atoms with Crippen LogP contribution in [0.25, 0.3) is 0 Å². The number of nitrogens with one attached hydrogen (secondary N) is 1. The average molecular weight is 406 g/mol. The van der Waals surface area contributed by atoms with Crippen LogP contribution in [0.15, 0.2) is 58.0 Å². The van der Waals surface area contributed by atoms with Crippen molar-refractivity contribution >= 4 is 27.6 Å². The van der Waals surface area contributed by atoms with Crippen molar-refractivity contribution in [1.82, 2.24) is 0 Å². The number of nitrogens with zero attached hydrogens (tertiary/aromatic N) is 1. The summed E-state index contributed by atoms with van der Waals surface area (Å²) < 4.78 is 6.41. The molecule has 0 fully saturated rings. The maximum absolute atomic E-state index is 10.0. The minimum Gasteiger partial charge on any atom is -0.490 e. The minimum absolute atomic E-state index is 0.141. The van der Waals surface area contributed by atoms with Gasteiger partial charge >= 0.3 is 0 Å². The molecule has 25 heavy (non-hydrogen) atoms. The molecule has 0 bridgehead atoms. The zero-order valence-corrected chi connectivity index (χ0v) is 16.0. The molecule has 0 amide bonds. The monoisotopic (exact) mass is 405 g/mol. The number of hydrogen-bond acceptors (Lipinski definition) is 3. The van der Waals surface area contributed by atoms with Gasteiger partial charge in [-0.1, -0.05) is 38.1 Å². The molecule has 0 saturated heterocycles. The van der Waals surface area contributed by atoms with Crippen LogP contribution in [-0.4, -0.2) is 30.3 Å². The van der Waals surface area contributed by atoms with Crippen LogP contribution in [0.5, 0.6) is 5.75 Å². The first-order valence-electron chi connectivity index (χ1n) is 8.18. The molecule has 0 radical (unpaired) electrons. The van der Waals surface area contributed by atoms with Gasteiger partial charge in [0.2, 0.25) is 0 Å². The van der Waals surface area contributed by atoms with E-state index in [0.29, 0.717) is 11.7 Å². The van der Waals surface area contributed by atoms with Gasteiger partial charge in [-0.15, -0.1) is 0 Å². The molecular formula is C19H24BrN3O2. The number of anilines is 1. The second-order valence-electron chi connectivity index (χ2n) is 6.03. The number of aliphatic imine (C=N–C) groups is 1. The number of halogens is 1. The van der Waals surface area contributed by atoms with E-state index in [1.165, 1.54) is 5.56 Å². The van der Waals surface area contributed by atoms with E-state index < -0.39 is 6.10 Å². The molecule has 2 aromatic carbocycles. The van der Waals surface area contributed by atoms with Crippen molar-refractivity contribution < 1.29 is 9.84 Å². The van der Waals surface area contributed by atoms with Crippen LogP contribution in [0, 0.1) is 0 Å². The van der Waals surface area contributed by atoms with Crippen molar-refractivity contribution in [1.29, 1.82) is 0 Å². The first-order chi connectivity index (χ1) is 12.0. The highest BCUT2D eigenvalue weighted by Crippen LogP contribution is 2.23. The second kappa shape index (κ2) is 9.44. The summed E-state index contributed by atoms with van der Waals surface area (Å²) >= 11 is 3.40. The Hall–Kier alpha value is -2.05. The van der Waals surface area contributed by atoms with Crippen molar-refractivity contribution in [2.45, 2.75) is 25.9 Å². The third kappa shape index (κ3) is 6.40. The predicted molar refractivity (Wildman–Crippen MR) is 106 cm³/mol. The molecule has 2 aromatic rings. The summed E-state index contributed by atoms with van der Waals surface area (Å²) in [6.45, 7) is 4.57. The summed E-state index contributed by atoms with van der Waals surface area (Å²) in [7, 11) is 0. The van der Waals surface area contributed by atoms with Gasteiger partial charge in [0, 0.05) is 5.69 Å². The Bertz CT molecular complexity index is 719. The van der Waals surface area contributed by atoms with Gasteiger partial charge in [-0.05, 0) is 51.7 Å². The molecule has 1 atom stereocenters. The lowest BCUT2D eigenvalue weighted by Gasteiger charge is -2.13. The van der Waals surface area contributed by atoms with E-state index in [1.54, 1.807) is 0 Å². The fourth-order valence-electron chi connectivity index (χ4n) is 2.17. The molecule has 0 aliphatic heterocycles. The maximum Gasteiger partial charge on any atom is 0.193 e. The Morgan fingerprint density at radius 3 is 2.72 bits per heavy atom. The fourth-order valence-corrected chi connectivity index (χ4v) is 2.57. The highest BCUT2D eigenvalue weighted by molar-refractivity contribution is 9.10. The molecule has 1 unspecified atom stereocenters. The minimum atomic E-state index is -0.741. The zero-order chi connectivity index (χ0) is 18.2. The van der Waals surface area contributed by atoms with Crippen molar-refractivity contribution in [2.24, 2.45) is 10.7 Å². The number of guanidine groups is 1. The Kier molecular flexibility index (Phi) is 7.28. The molecule has 0 aliphatic rings. The summed E-state index contributed by atoms with van der Waals surface area (Å²) in [5, 5.41) is 13.0. The average Bonchev–Trinajstić information content (AvgIpc) is 2.59. The molecule has 2 rings (SSSR count). The molecular weight excluding hydrogens is 382 g/mol. The lowest BCUT2D eigenvalue weighted by molar-refractivity contribution is 0.114. The number of nitrogens with two attached hydrogens (primary N) is 1. The number of ether oxygens (including phenoxy) is 1. The van der Waals surface area contributed by atoms with Crippen LogP contribution in [0.2, 0.25) is 0 Å². The van der Waals surface area contributed by atoms with Crippen molar-refractivity contribution in [3.63, 3.8) is 0 Å². The summed E-state index contributed by atoms with van der Waals surface area (Å²) in [5.74, 6) is 1.39. The number of rotatable bonds is 7. The molecule has 0 spiro atoms. The number of benzene rings is 2. The Morgan fingerprint density at radius 2 is 2.00 bits per heavy atom. The Morgan fingerprint density at radius 1 is 1.24 bits per heavy atom. The van der Waals surface area contributed by atoms with E-state index in [2.05, 4.69) is 46.2 Å². The molecule has 134 valence electrons. The van der Waals surface area contributed by atoms with Gasteiger partial charge in [-0.3, -0.25) is 4.99 Å². The van der Waals surface area contributed by atoms with E-state index in [9.17, 15) is 5.11 Å². The van der Waals surface area contributed by atoms with Crippen LogP contribution >= 0.6 is 15.9 Å². The molecule has 0 saturated carbocycles. The van der Waals surface area contributed by atoms with Crippen LogP contribution in [0.1, 0.15) is 25.3 Å². The van der Waals surface area contributed by atoms with Gasteiger partial charge in [0.1, 0.15) is 18.5 Å².